The largest absolute Gasteiger partial charge is 0.274 e. The molecule has 1 saturated heterocycles. The summed E-state index contributed by atoms with van der Waals surface area (Å²) >= 11 is 0. The minimum absolute atomic E-state index is 0.0479. The summed E-state index contributed by atoms with van der Waals surface area (Å²) in [5.74, 6) is 0.758. The molecule has 3 fully saturated rings. The van der Waals surface area contributed by atoms with Crippen LogP contribution in [0, 0.1) is 45.6 Å². The monoisotopic (exact) mass is 310 g/mol. The zero-order chi connectivity index (χ0) is 15.9. The van der Waals surface area contributed by atoms with Gasteiger partial charge in [-0.2, -0.15) is 0 Å². The van der Waals surface area contributed by atoms with E-state index >= 15 is 0 Å². The Morgan fingerprint density at radius 3 is 1.96 bits per heavy atom. The molecule has 1 aliphatic heterocycles. The van der Waals surface area contributed by atoms with Crippen LogP contribution >= 0.6 is 0 Å². The van der Waals surface area contributed by atoms with Gasteiger partial charge >= 0.3 is 0 Å². The second-order valence-corrected chi connectivity index (χ2v) is 6.94. The van der Waals surface area contributed by atoms with Crippen molar-refractivity contribution >= 4 is 23.2 Å². The van der Waals surface area contributed by atoms with Gasteiger partial charge in [-0.25, -0.2) is 0 Å². The number of imide groups is 1. The summed E-state index contributed by atoms with van der Waals surface area (Å²) in [6, 6.07) is 5.65. The lowest BCUT2D eigenvalue weighted by Crippen LogP contribution is -2.40. The van der Waals surface area contributed by atoms with Gasteiger partial charge in [-0.3, -0.25) is 24.6 Å². The molecule has 1 aromatic rings. The van der Waals surface area contributed by atoms with Gasteiger partial charge in [0.05, 0.1) is 22.4 Å². The fourth-order valence-electron chi connectivity index (χ4n) is 4.93. The molecule has 5 aliphatic rings. The van der Waals surface area contributed by atoms with Crippen LogP contribution in [0.15, 0.2) is 36.4 Å². The number of anilines is 1. The average Bonchev–Trinajstić information content (AvgIpc) is 3.32. The van der Waals surface area contributed by atoms with E-state index in [0.29, 0.717) is 17.5 Å². The van der Waals surface area contributed by atoms with Crippen molar-refractivity contribution in [3.63, 3.8) is 0 Å². The normalized spacial score (nSPS) is 39.4. The summed E-state index contributed by atoms with van der Waals surface area (Å²) in [5, 5.41) is 10.8. The number of non-ortho nitro benzene ring substituents is 1. The van der Waals surface area contributed by atoms with Crippen LogP contribution in [0.2, 0.25) is 0 Å². The first kappa shape index (κ1) is 13.0. The Balaban J connectivity index is 1.53. The molecule has 2 bridgehead atoms. The number of nitro benzene ring substituents is 1. The maximum atomic E-state index is 12.9. The number of hydrogen-bond acceptors (Lipinski definition) is 4. The zero-order valence-corrected chi connectivity index (χ0v) is 12.2. The SMILES string of the molecule is O=C1[C@@H]2[C@@H]3C=C[C@H]([C@@H]4C[C@H]34)[C@H]2C(=O)N1c1ccc([N+](=O)[O-])cc1. The van der Waals surface area contributed by atoms with Gasteiger partial charge in [0.15, 0.2) is 0 Å². The maximum absolute atomic E-state index is 12.9. The van der Waals surface area contributed by atoms with Gasteiger partial charge in [0.1, 0.15) is 0 Å². The van der Waals surface area contributed by atoms with E-state index in [4.69, 9.17) is 0 Å². The molecule has 6 atom stereocenters. The summed E-state index contributed by atoms with van der Waals surface area (Å²) in [4.78, 5) is 37.2. The highest BCUT2D eigenvalue weighted by molar-refractivity contribution is 6.22. The van der Waals surface area contributed by atoms with Crippen molar-refractivity contribution in [3.8, 4) is 0 Å². The molecular formula is C17H14N2O4. The van der Waals surface area contributed by atoms with Crippen molar-refractivity contribution in [2.75, 3.05) is 4.90 Å². The highest BCUT2D eigenvalue weighted by Crippen LogP contribution is 2.65. The van der Waals surface area contributed by atoms with Crippen LogP contribution in [0.3, 0.4) is 0 Å². The molecule has 2 amide bonds. The van der Waals surface area contributed by atoms with E-state index in [0.717, 1.165) is 6.42 Å². The highest BCUT2D eigenvalue weighted by Gasteiger charge is 2.67. The minimum atomic E-state index is -0.491. The molecule has 1 aromatic carbocycles. The summed E-state index contributed by atoms with van der Waals surface area (Å²) in [5.41, 5.74) is 0.390. The Labute approximate surface area is 131 Å². The summed E-state index contributed by atoms with van der Waals surface area (Å²) in [7, 11) is 0. The van der Waals surface area contributed by atoms with Gasteiger partial charge in [0, 0.05) is 12.1 Å². The number of nitro groups is 1. The number of rotatable bonds is 2. The van der Waals surface area contributed by atoms with Crippen molar-refractivity contribution < 1.29 is 14.5 Å². The average molecular weight is 310 g/mol. The van der Waals surface area contributed by atoms with Crippen LogP contribution < -0.4 is 4.90 Å². The molecule has 6 heteroatoms. The van der Waals surface area contributed by atoms with Gasteiger partial charge in [0.25, 0.3) is 5.69 Å². The predicted octanol–water partition coefficient (Wildman–Crippen LogP) is 2.15. The predicted molar refractivity (Wildman–Crippen MR) is 80.3 cm³/mol. The Hall–Kier alpha value is -2.50. The van der Waals surface area contributed by atoms with Crippen molar-refractivity contribution in [1.82, 2.24) is 0 Å². The molecule has 2 saturated carbocycles. The Morgan fingerprint density at radius 2 is 1.48 bits per heavy atom. The van der Waals surface area contributed by atoms with E-state index in [1.807, 2.05) is 0 Å². The van der Waals surface area contributed by atoms with Crippen molar-refractivity contribution in [2.45, 2.75) is 6.42 Å². The van der Waals surface area contributed by atoms with Crippen LogP contribution in [0.25, 0.3) is 0 Å². The van der Waals surface area contributed by atoms with Crippen molar-refractivity contribution in [2.24, 2.45) is 35.5 Å². The lowest BCUT2D eigenvalue weighted by Gasteiger charge is -2.37. The molecule has 23 heavy (non-hydrogen) atoms. The van der Waals surface area contributed by atoms with Crippen LogP contribution in [0.4, 0.5) is 11.4 Å². The number of carbonyl (C=O) groups excluding carboxylic acids is 2. The number of carbonyl (C=O) groups is 2. The number of benzene rings is 1. The van der Waals surface area contributed by atoms with E-state index in [-0.39, 0.29) is 41.2 Å². The molecule has 4 aliphatic carbocycles. The van der Waals surface area contributed by atoms with Crippen LogP contribution in [0.1, 0.15) is 6.42 Å². The Kier molecular flexibility index (Phi) is 2.30. The van der Waals surface area contributed by atoms with Crippen LogP contribution in [-0.4, -0.2) is 16.7 Å². The van der Waals surface area contributed by atoms with Crippen LogP contribution in [0.5, 0.6) is 0 Å². The third-order valence-corrected chi connectivity index (χ3v) is 5.98. The Bertz CT molecular complexity index is 748. The molecule has 0 unspecified atom stereocenters. The fraction of sp³-hybridized carbons (Fsp3) is 0.412. The standard InChI is InChI=1S/C17H14N2O4/c20-16-14-10-5-6-11(13-7-12(10)13)15(14)17(21)18(16)8-1-3-9(4-2-8)19(22)23/h1-6,10-15H,7H2/t10-,11-,12-,13+,14-,15-/m1/s1. The summed E-state index contributed by atoms with van der Waals surface area (Å²) < 4.78 is 0. The van der Waals surface area contributed by atoms with E-state index in [9.17, 15) is 19.7 Å². The molecule has 0 spiro atoms. The summed E-state index contributed by atoms with van der Waals surface area (Å²) in [6.45, 7) is 0. The number of hydrogen-bond donors (Lipinski definition) is 0. The molecule has 0 radical (unpaired) electrons. The first-order valence-electron chi connectivity index (χ1n) is 7.88. The third kappa shape index (κ3) is 1.53. The molecule has 0 aromatic heterocycles. The molecular weight excluding hydrogens is 296 g/mol. The fourth-order valence-corrected chi connectivity index (χ4v) is 4.93. The smallest absolute Gasteiger partial charge is 0.269 e. The van der Waals surface area contributed by atoms with Gasteiger partial charge in [-0.05, 0) is 42.2 Å². The number of nitrogens with zero attached hydrogens (tertiary/aromatic N) is 2. The molecule has 116 valence electrons. The van der Waals surface area contributed by atoms with E-state index in [2.05, 4.69) is 12.2 Å². The second kappa shape index (κ2) is 4.07. The molecule has 1 heterocycles. The maximum Gasteiger partial charge on any atom is 0.269 e. The minimum Gasteiger partial charge on any atom is -0.274 e. The third-order valence-electron chi connectivity index (χ3n) is 5.98. The first-order valence-corrected chi connectivity index (χ1v) is 7.88. The summed E-state index contributed by atoms with van der Waals surface area (Å²) in [6.07, 6.45) is 5.39. The van der Waals surface area contributed by atoms with E-state index in [1.165, 1.54) is 29.2 Å². The number of allylic oxidation sites excluding steroid dienone is 2. The quantitative estimate of drug-likeness (QED) is 0.363. The second-order valence-electron chi connectivity index (χ2n) is 6.94. The van der Waals surface area contributed by atoms with E-state index < -0.39 is 4.92 Å². The van der Waals surface area contributed by atoms with Gasteiger partial charge in [-0.15, -0.1) is 0 Å². The van der Waals surface area contributed by atoms with Crippen molar-refractivity contribution in [1.29, 1.82) is 0 Å². The zero-order valence-electron chi connectivity index (χ0n) is 12.2. The first-order chi connectivity index (χ1) is 11.1. The Morgan fingerprint density at radius 1 is 0.957 bits per heavy atom. The van der Waals surface area contributed by atoms with Gasteiger partial charge < -0.3 is 0 Å². The highest BCUT2D eigenvalue weighted by atomic mass is 16.6. The van der Waals surface area contributed by atoms with Crippen LogP contribution in [-0.2, 0) is 9.59 Å². The van der Waals surface area contributed by atoms with Gasteiger partial charge in [0.2, 0.25) is 11.8 Å². The molecule has 0 N–H and O–H groups in total. The topological polar surface area (TPSA) is 80.5 Å². The van der Waals surface area contributed by atoms with Crippen molar-refractivity contribution in [3.05, 3.63) is 46.5 Å². The lowest BCUT2D eigenvalue weighted by atomic mass is 9.63. The van der Waals surface area contributed by atoms with Gasteiger partial charge in [-0.1, -0.05) is 12.2 Å². The molecule has 6 rings (SSSR count). The number of amides is 2. The van der Waals surface area contributed by atoms with E-state index in [1.54, 1.807) is 0 Å². The molecule has 6 nitrogen and oxygen atoms in total. The lowest BCUT2D eigenvalue weighted by molar-refractivity contribution is -0.384.